The van der Waals surface area contributed by atoms with E-state index in [-0.39, 0.29) is 32.8 Å². The van der Waals surface area contributed by atoms with Crippen LogP contribution in [0.5, 0.6) is 0 Å². The molecule has 9 heteroatoms. The van der Waals surface area contributed by atoms with Gasteiger partial charge in [0.1, 0.15) is 17.2 Å². The first-order valence-corrected chi connectivity index (χ1v) is 9.93. The van der Waals surface area contributed by atoms with Crippen LogP contribution < -0.4 is 10.2 Å². The molecule has 3 rings (SSSR count). The third-order valence-corrected chi connectivity index (χ3v) is 6.02. The van der Waals surface area contributed by atoms with Crippen molar-refractivity contribution in [2.75, 3.05) is 10.2 Å². The second kappa shape index (κ2) is 9.02. The summed E-state index contributed by atoms with van der Waals surface area (Å²) in [5, 5.41) is 21.3. The molecule has 1 saturated heterocycles. The lowest BCUT2D eigenvalue weighted by molar-refractivity contribution is -0.121. The summed E-state index contributed by atoms with van der Waals surface area (Å²) in [6.45, 7) is 0. The number of para-hydroxylation sites is 1. The highest BCUT2D eigenvalue weighted by Gasteiger charge is 2.41. The molecule has 0 aliphatic carbocycles. The van der Waals surface area contributed by atoms with Crippen molar-refractivity contribution in [2.24, 2.45) is 0 Å². The SMILES string of the molecule is N#CC(C#N)=C(Nc1ccccc1)SC1CC(=O)N(c2cccc(Cl)c2Cl)C1=O. The van der Waals surface area contributed by atoms with Gasteiger partial charge in [-0.1, -0.05) is 59.2 Å². The summed E-state index contributed by atoms with van der Waals surface area (Å²) in [6.07, 6.45) is -0.101. The molecule has 144 valence electrons. The standard InChI is InChI=1S/C20H12Cl2N4O2S/c21-14-7-4-8-15(18(14)22)26-17(27)9-16(20(26)28)29-19(12(10-23)11-24)25-13-5-2-1-3-6-13/h1-8,16,25H,9H2. The summed E-state index contributed by atoms with van der Waals surface area (Å²) in [5.74, 6) is -0.932. The topological polar surface area (TPSA) is 97.0 Å². The van der Waals surface area contributed by atoms with Crippen molar-refractivity contribution in [1.82, 2.24) is 0 Å². The van der Waals surface area contributed by atoms with Crippen LogP contribution in [-0.4, -0.2) is 17.1 Å². The van der Waals surface area contributed by atoms with Crippen LogP contribution in [0.4, 0.5) is 11.4 Å². The van der Waals surface area contributed by atoms with Gasteiger partial charge in [-0.15, -0.1) is 0 Å². The van der Waals surface area contributed by atoms with Crippen LogP contribution in [0.3, 0.4) is 0 Å². The van der Waals surface area contributed by atoms with E-state index >= 15 is 0 Å². The van der Waals surface area contributed by atoms with Crippen molar-refractivity contribution in [2.45, 2.75) is 11.7 Å². The Morgan fingerprint density at radius 3 is 2.41 bits per heavy atom. The highest BCUT2D eigenvalue weighted by molar-refractivity contribution is 8.04. The van der Waals surface area contributed by atoms with Gasteiger partial charge in [0.05, 0.1) is 21.0 Å². The van der Waals surface area contributed by atoms with E-state index in [1.807, 2.05) is 18.2 Å². The molecule has 1 atom stereocenters. The fraction of sp³-hybridized carbons (Fsp3) is 0.100. The number of halogens is 2. The number of imide groups is 1. The van der Waals surface area contributed by atoms with Gasteiger partial charge in [-0.25, -0.2) is 4.90 Å². The zero-order chi connectivity index (χ0) is 21.0. The van der Waals surface area contributed by atoms with Crippen molar-refractivity contribution < 1.29 is 9.59 Å². The first-order valence-electron chi connectivity index (χ1n) is 8.30. The number of hydrogen-bond donors (Lipinski definition) is 1. The Hall–Kier alpha value is -2.97. The Morgan fingerprint density at radius 2 is 1.76 bits per heavy atom. The Labute approximate surface area is 181 Å². The number of carbonyl (C=O) groups is 2. The van der Waals surface area contributed by atoms with Gasteiger partial charge in [0.2, 0.25) is 11.8 Å². The average Bonchev–Trinajstić information content (AvgIpc) is 2.99. The summed E-state index contributed by atoms with van der Waals surface area (Å²) < 4.78 is 0. The maximum Gasteiger partial charge on any atom is 0.247 e. The number of nitriles is 2. The van der Waals surface area contributed by atoms with Gasteiger partial charge in [-0.05, 0) is 24.3 Å². The minimum Gasteiger partial charge on any atom is -0.349 e. The normalized spacial score (nSPS) is 15.6. The molecule has 2 aromatic rings. The first kappa shape index (κ1) is 20.8. The molecule has 2 aromatic carbocycles. The molecule has 0 aromatic heterocycles. The van der Waals surface area contributed by atoms with Crippen LogP contribution >= 0.6 is 35.0 Å². The number of carbonyl (C=O) groups excluding carboxylic acids is 2. The molecule has 0 spiro atoms. The summed E-state index contributed by atoms with van der Waals surface area (Å²) in [4.78, 5) is 26.5. The van der Waals surface area contributed by atoms with Gasteiger partial charge in [0.15, 0.2) is 5.57 Å². The van der Waals surface area contributed by atoms with Gasteiger partial charge in [0.25, 0.3) is 0 Å². The van der Waals surface area contributed by atoms with E-state index in [9.17, 15) is 20.1 Å². The summed E-state index contributed by atoms with van der Waals surface area (Å²) in [6, 6.07) is 17.2. The van der Waals surface area contributed by atoms with Gasteiger partial charge in [-0.2, -0.15) is 10.5 Å². The third-order valence-electron chi connectivity index (χ3n) is 4.02. The summed E-state index contributed by atoms with van der Waals surface area (Å²) >= 11 is 13.1. The molecule has 2 amide bonds. The summed E-state index contributed by atoms with van der Waals surface area (Å²) in [5.41, 5.74) is 0.669. The molecule has 0 radical (unpaired) electrons. The fourth-order valence-corrected chi connectivity index (χ4v) is 4.17. The molecule has 6 nitrogen and oxygen atoms in total. The van der Waals surface area contributed by atoms with Gasteiger partial charge >= 0.3 is 0 Å². The lowest BCUT2D eigenvalue weighted by atomic mass is 10.3. The third kappa shape index (κ3) is 4.38. The van der Waals surface area contributed by atoms with E-state index in [1.165, 1.54) is 6.07 Å². The minimum atomic E-state index is -0.819. The van der Waals surface area contributed by atoms with Crippen LogP contribution in [0.2, 0.25) is 10.0 Å². The zero-order valence-electron chi connectivity index (χ0n) is 14.7. The maximum absolute atomic E-state index is 12.9. The molecule has 1 aliphatic heterocycles. The lowest BCUT2D eigenvalue weighted by Gasteiger charge is -2.18. The number of hydrogen-bond acceptors (Lipinski definition) is 6. The smallest absolute Gasteiger partial charge is 0.247 e. The minimum absolute atomic E-state index is 0.101. The number of benzene rings is 2. The molecular weight excluding hydrogens is 431 g/mol. The van der Waals surface area contributed by atoms with Crippen LogP contribution in [0.1, 0.15) is 6.42 Å². The Balaban J connectivity index is 1.90. The Morgan fingerprint density at radius 1 is 1.07 bits per heavy atom. The molecular formula is C20H12Cl2N4O2S. The predicted octanol–water partition coefficient (Wildman–Crippen LogP) is 4.73. The van der Waals surface area contributed by atoms with Crippen LogP contribution in [0.15, 0.2) is 59.1 Å². The Kier molecular flexibility index (Phi) is 6.46. The fourth-order valence-electron chi connectivity index (χ4n) is 2.69. The van der Waals surface area contributed by atoms with Crippen molar-refractivity contribution in [3.63, 3.8) is 0 Å². The molecule has 1 aliphatic rings. The number of thioether (sulfide) groups is 1. The van der Waals surface area contributed by atoms with Gasteiger partial charge in [0, 0.05) is 12.1 Å². The average molecular weight is 443 g/mol. The lowest BCUT2D eigenvalue weighted by Crippen LogP contribution is -2.31. The van der Waals surface area contributed by atoms with Gasteiger partial charge < -0.3 is 5.32 Å². The summed E-state index contributed by atoms with van der Waals surface area (Å²) in [7, 11) is 0. The van der Waals surface area contributed by atoms with Crippen molar-refractivity contribution in [1.29, 1.82) is 10.5 Å². The highest BCUT2D eigenvalue weighted by atomic mass is 35.5. The number of amides is 2. The van der Waals surface area contributed by atoms with E-state index < -0.39 is 17.1 Å². The second-order valence-electron chi connectivity index (χ2n) is 5.87. The second-order valence-corrected chi connectivity index (χ2v) is 7.87. The number of allylic oxidation sites excluding steroid dienone is 1. The quantitative estimate of drug-likeness (QED) is 0.530. The van der Waals surface area contributed by atoms with E-state index in [4.69, 9.17) is 23.2 Å². The van der Waals surface area contributed by atoms with E-state index in [2.05, 4.69) is 5.32 Å². The Bertz CT molecular complexity index is 1070. The zero-order valence-corrected chi connectivity index (χ0v) is 17.1. The number of rotatable bonds is 5. The monoisotopic (exact) mass is 442 g/mol. The van der Waals surface area contributed by atoms with E-state index in [1.54, 1.807) is 36.4 Å². The number of anilines is 2. The molecule has 1 N–H and O–H groups in total. The number of nitrogens with one attached hydrogen (secondary N) is 1. The molecule has 1 fully saturated rings. The molecule has 0 saturated carbocycles. The molecule has 29 heavy (non-hydrogen) atoms. The van der Waals surface area contributed by atoms with Crippen LogP contribution in [0.25, 0.3) is 0 Å². The van der Waals surface area contributed by atoms with Crippen LogP contribution in [0, 0.1) is 22.7 Å². The van der Waals surface area contributed by atoms with Crippen molar-refractivity contribution >= 4 is 58.2 Å². The molecule has 1 unspecified atom stereocenters. The van der Waals surface area contributed by atoms with E-state index in [0.717, 1.165) is 16.7 Å². The first-order chi connectivity index (χ1) is 14.0. The van der Waals surface area contributed by atoms with Crippen molar-refractivity contribution in [3.8, 4) is 12.1 Å². The molecule has 0 bridgehead atoms. The molecule has 1 heterocycles. The largest absolute Gasteiger partial charge is 0.349 e. The number of nitrogens with zero attached hydrogens (tertiary/aromatic N) is 3. The van der Waals surface area contributed by atoms with Crippen LogP contribution in [-0.2, 0) is 9.59 Å². The maximum atomic E-state index is 12.9. The highest BCUT2D eigenvalue weighted by Crippen LogP contribution is 2.39. The van der Waals surface area contributed by atoms with Crippen molar-refractivity contribution in [3.05, 3.63) is 69.2 Å². The van der Waals surface area contributed by atoms with E-state index in [0.29, 0.717) is 5.69 Å². The van der Waals surface area contributed by atoms with Gasteiger partial charge in [-0.3, -0.25) is 9.59 Å². The predicted molar refractivity (Wildman–Crippen MR) is 113 cm³/mol.